The number of carbonyl (C=O) groups is 2. The SMILES string of the molecule is CC(=O)c1cc2c(cc1O)CCN(C(=O)C(F)(F)F)CC2. The number of phenolic OH excluding ortho intramolecular Hbond substituents is 1. The predicted molar refractivity (Wildman–Crippen MR) is 68.2 cm³/mol. The number of fused-ring (bicyclic) bond motifs is 1. The van der Waals surface area contributed by atoms with Gasteiger partial charge in [0.15, 0.2) is 5.78 Å². The van der Waals surface area contributed by atoms with Gasteiger partial charge in [-0.1, -0.05) is 0 Å². The highest BCUT2D eigenvalue weighted by molar-refractivity contribution is 5.97. The molecule has 7 heteroatoms. The molecule has 1 aromatic rings. The molecule has 0 saturated carbocycles. The molecule has 0 fully saturated rings. The number of phenols is 1. The smallest absolute Gasteiger partial charge is 0.471 e. The van der Waals surface area contributed by atoms with E-state index in [1.807, 2.05) is 0 Å². The molecule has 1 heterocycles. The van der Waals surface area contributed by atoms with E-state index in [1.54, 1.807) is 0 Å². The first-order valence-electron chi connectivity index (χ1n) is 6.42. The van der Waals surface area contributed by atoms with Crippen LogP contribution in [0.15, 0.2) is 12.1 Å². The summed E-state index contributed by atoms with van der Waals surface area (Å²) in [5, 5.41) is 9.75. The van der Waals surface area contributed by atoms with Crippen molar-refractivity contribution in [3.05, 3.63) is 28.8 Å². The quantitative estimate of drug-likeness (QED) is 0.808. The Morgan fingerprint density at radius 1 is 1.14 bits per heavy atom. The summed E-state index contributed by atoms with van der Waals surface area (Å²) in [5.41, 5.74) is 1.50. The molecule has 1 aromatic carbocycles. The maximum absolute atomic E-state index is 12.5. The first-order valence-corrected chi connectivity index (χ1v) is 6.42. The van der Waals surface area contributed by atoms with Crippen LogP contribution in [-0.4, -0.2) is 41.0 Å². The zero-order chi connectivity index (χ0) is 15.8. The molecular formula is C14H14F3NO3. The first-order chi connectivity index (χ1) is 9.70. The van der Waals surface area contributed by atoms with Gasteiger partial charge in [-0.25, -0.2) is 0 Å². The fourth-order valence-electron chi connectivity index (χ4n) is 2.43. The molecule has 1 N–H and O–H groups in total. The summed E-state index contributed by atoms with van der Waals surface area (Å²) >= 11 is 0. The monoisotopic (exact) mass is 301 g/mol. The van der Waals surface area contributed by atoms with Gasteiger partial charge in [0.1, 0.15) is 5.75 Å². The van der Waals surface area contributed by atoms with Gasteiger partial charge in [0.05, 0.1) is 5.56 Å². The van der Waals surface area contributed by atoms with Crippen molar-refractivity contribution in [1.82, 2.24) is 4.90 Å². The highest BCUT2D eigenvalue weighted by Gasteiger charge is 2.42. The molecule has 2 rings (SSSR count). The fourth-order valence-corrected chi connectivity index (χ4v) is 2.43. The minimum Gasteiger partial charge on any atom is -0.507 e. The zero-order valence-corrected chi connectivity index (χ0v) is 11.3. The molecule has 114 valence electrons. The minimum absolute atomic E-state index is 0.0620. The lowest BCUT2D eigenvalue weighted by Crippen LogP contribution is -2.42. The second-order valence-electron chi connectivity index (χ2n) is 4.98. The maximum atomic E-state index is 12.5. The highest BCUT2D eigenvalue weighted by atomic mass is 19.4. The summed E-state index contributed by atoms with van der Waals surface area (Å²) in [5.74, 6) is -2.36. The van der Waals surface area contributed by atoms with Crippen molar-refractivity contribution in [1.29, 1.82) is 0 Å². The molecule has 0 spiro atoms. The van der Waals surface area contributed by atoms with E-state index in [-0.39, 0.29) is 43.0 Å². The van der Waals surface area contributed by atoms with Crippen LogP contribution in [0.4, 0.5) is 13.2 Å². The minimum atomic E-state index is -4.89. The molecule has 0 saturated heterocycles. The summed E-state index contributed by atoms with van der Waals surface area (Å²) in [6, 6.07) is 2.89. The molecule has 4 nitrogen and oxygen atoms in total. The zero-order valence-electron chi connectivity index (χ0n) is 11.3. The Morgan fingerprint density at radius 2 is 1.67 bits per heavy atom. The molecule has 0 bridgehead atoms. The molecule has 1 amide bonds. The average Bonchev–Trinajstić information content (AvgIpc) is 2.57. The number of ketones is 1. The highest BCUT2D eigenvalue weighted by Crippen LogP contribution is 2.27. The van der Waals surface area contributed by atoms with E-state index in [4.69, 9.17) is 0 Å². The molecular weight excluding hydrogens is 287 g/mol. The molecule has 0 unspecified atom stereocenters. The van der Waals surface area contributed by atoms with Crippen LogP contribution in [0.25, 0.3) is 0 Å². The van der Waals surface area contributed by atoms with Crippen LogP contribution >= 0.6 is 0 Å². The lowest BCUT2D eigenvalue weighted by Gasteiger charge is -2.21. The number of hydrogen-bond donors (Lipinski definition) is 1. The molecule has 0 aromatic heterocycles. The predicted octanol–water partition coefficient (Wildman–Crippen LogP) is 2.08. The van der Waals surface area contributed by atoms with Crippen LogP contribution in [0.3, 0.4) is 0 Å². The van der Waals surface area contributed by atoms with E-state index in [2.05, 4.69) is 0 Å². The third kappa shape index (κ3) is 3.17. The van der Waals surface area contributed by atoms with Crippen LogP contribution in [0, 0.1) is 0 Å². The average molecular weight is 301 g/mol. The Labute approximate surface area is 119 Å². The summed E-state index contributed by atoms with van der Waals surface area (Å²) in [6.07, 6.45) is -4.45. The second-order valence-corrected chi connectivity index (χ2v) is 4.98. The Balaban J connectivity index is 2.26. The van der Waals surface area contributed by atoms with E-state index >= 15 is 0 Å². The van der Waals surface area contributed by atoms with Crippen LogP contribution in [0.1, 0.15) is 28.4 Å². The van der Waals surface area contributed by atoms with Gasteiger partial charge in [0.2, 0.25) is 0 Å². The van der Waals surface area contributed by atoms with Crippen LogP contribution in [-0.2, 0) is 17.6 Å². The van der Waals surface area contributed by atoms with Crippen molar-refractivity contribution in [2.24, 2.45) is 0 Å². The molecule has 1 aliphatic heterocycles. The van der Waals surface area contributed by atoms with Gasteiger partial charge in [-0.2, -0.15) is 13.2 Å². The topological polar surface area (TPSA) is 57.6 Å². The van der Waals surface area contributed by atoms with Gasteiger partial charge in [-0.3, -0.25) is 9.59 Å². The third-order valence-corrected chi connectivity index (χ3v) is 3.53. The van der Waals surface area contributed by atoms with E-state index in [0.717, 1.165) is 4.90 Å². The maximum Gasteiger partial charge on any atom is 0.471 e. The largest absolute Gasteiger partial charge is 0.507 e. The number of aromatic hydroxyl groups is 1. The number of carbonyl (C=O) groups excluding carboxylic acids is 2. The van der Waals surface area contributed by atoms with Gasteiger partial charge in [-0.05, 0) is 43.0 Å². The molecule has 1 aliphatic rings. The molecule has 0 atom stereocenters. The number of alkyl halides is 3. The van der Waals surface area contributed by atoms with E-state index in [0.29, 0.717) is 11.1 Å². The van der Waals surface area contributed by atoms with Crippen molar-refractivity contribution in [2.75, 3.05) is 13.1 Å². The summed E-state index contributed by atoms with van der Waals surface area (Å²) in [6.45, 7) is 1.18. The summed E-state index contributed by atoms with van der Waals surface area (Å²) < 4.78 is 37.4. The van der Waals surface area contributed by atoms with Crippen LogP contribution in [0.2, 0.25) is 0 Å². The Hall–Kier alpha value is -2.05. The number of rotatable bonds is 1. The Bertz CT molecular complexity index is 596. The van der Waals surface area contributed by atoms with Gasteiger partial charge in [0.25, 0.3) is 0 Å². The molecule has 0 aliphatic carbocycles. The Kier molecular flexibility index (Phi) is 3.93. The van der Waals surface area contributed by atoms with Crippen molar-refractivity contribution in [2.45, 2.75) is 25.9 Å². The second kappa shape index (κ2) is 5.38. The first kappa shape index (κ1) is 15.3. The van der Waals surface area contributed by atoms with Gasteiger partial charge >= 0.3 is 12.1 Å². The van der Waals surface area contributed by atoms with E-state index in [9.17, 15) is 27.9 Å². The lowest BCUT2D eigenvalue weighted by atomic mass is 9.98. The third-order valence-electron chi connectivity index (χ3n) is 3.53. The van der Waals surface area contributed by atoms with Crippen LogP contribution in [0.5, 0.6) is 5.75 Å². The van der Waals surface area contributed by atoms with Crippen molar-refractivity contribution in [3.63, 3.8) is 0 Å². The van der Waals surface area contributed by atoms with E-state index in [1.165, 1.54) is 19.1 Å². The number of halogens is 3. The van der Waals surface area contributed by atoms with Crippen LogP contribution < -0.4 is 0 Å². The number of Topliss-reactive ketones (excluding diaryl/α,β-unsaturated/α-hetero) is 1. The van der Waals surface area contributed by atoms with Crippen molar-refractivity contribution in [3.8, 4) is 5.75 Å². The Morgan fingerprint density at radius 3 is 2.14 bits per heavy atom. The number of amides is 1. The van der Waals surface area contributed by atoms with Crippen molar-refractivity contribution >= 4 is 11.7 Å². The standard InChI is InChI=1S/C14H14F3NO3/c1-8(19)11-6-9-2-4-18(13(21)14(15,16)17)5-3-10(9)7-12(11)20/h6-7,20H,2-5H2,1H3. The molecule has 0 radical (unpaired) electrons. The van der Waals surface area contributed by atoms with Gasteiger partial charge in [-0.15, -0.1) is 0 Å². The summed E-state index contributed by atoms with van der Waals surface area (Å²) in [4.78, 5) is 23.4. The normalized spacial score (nSPS) is 15.3. The number of hydrogen-bond acceptors (Lipinski definition) is 3. The van der Waals surface area contributed by atoms with E-state index < -0.39 is 12.1 Å². The fraction of sp³-hybridized carbons (Fsp3) is 0.429. The van der Waals surface area contributed by atoms with Crippen molar-refractivity contribution < 1.29 is 27.9 Å². The summed E-state index contributed by atoms with van der Waals surface area (Å²) in [7, 11) is 0. The lowest BCUT2D eigenvalue weighted by molar-refractivity contribution is -0.185. The van der Waals surface area contributed by atoms with Gasteiger partial charge in [0, 0.05) is 13.1 Å². The van der Waals surface area contributed by atoms with Gasteiger partial charge < -0.3 is 10.0 Å². The number of benzene rings is 1. The molecule has 21 heavy (non-hydrogen) atoms. The number of nitrogens with zero attached hydrogens (tertiary/aromatic N) is 1.